The molecule has 0 aliphatic rings. The normalized spacial score (nSPS) is 10.4. The molecule has 262 valence electrons. The largest absolute Gasteiger partial charge is 0.339 e. The maximum absolute atomic E-state index is 2.68. The van der Waals surface area contributed by atoms with E-state index in [1.54, 1.807) is 0 Å². The number of benzene rings is 2. The second-order valence-electron chi connectivity index (χ2n) is 10.5. The highest BCUT2D eigenvalue weighted by Gasteiger charge is 2.22. The zero-order valence-corrected chi connectivity index (χ0v) is 34.7. The van der Waals surface area contributed by atoms with Crippen LogP contribution in [-0.2, 0) is 12.8 Å². The van der Waals surface area contributed by atoms with Crippen LogP contribution in [0, 0.1) is 37.5 Å². The molecular formula is C42H64N4P2. The van der Waals surface area contributed by atoms with Crippen LogP contribution in [0.25, 0.3) is 0 Å². The third-order valence-electron chi connectivity index (χ3n) is 7.55. The maximum Gasteiger partial charge on any atom is 0.0838 e. The van der Waals surface area contributed by atoms with Gasteiger partial charge in [-0.3, -0.25) is 0 Å². The smallest absolute Gasteiger partial charge is 0.0838 e. The first kappa shape index (κ1) is 44.6. The molecule has 0 amide bonds. The standard InChI is InChI=1S/C30H40N4P2.2C4H6.2C2H6/c1-8-25-18-20-29(33(25)35-31(6)27-16-12-10-14-22(27)3)24(5)30-21-19-26(9-2)34(30)36-32(7)28-17-13-11-15-23(28)4;2*1-3-4-2;2*1-2/h10-21,24,35-36H,8-9H2,1-7H3;2*1-2H3;2*1-2H3. The fourth-order valence-electron chi connectivity index (χ4n) is 4.90. The van der Waals surface area contributed by atoms with E-state index in [2.05, 4.69) is 163 Å². The van der Waals surface area contributed by atoms with E-state index in [0.717, 1.165) is 12.8 Å². The third-order valence-corrected chi connectivity index (χ3v) is 10.1. The average molecular weight is 687 g/mol. The summed E-state index contributed by atoms with van der Waals surface area (Å²) >= 11 is 0. The van der Waals surface area contributed by atoms with Crippen LogP contribution in [0.5, 0.6) is 0 Å². The average Bonchev–Trinajstić information content (AvgIpc) is 3.73. The van der Waals surface area contributed by atoms with Crippen molar-refractivity contribution in [2.75, 3.05) is 23.4 Å². The second-order valence-corrected chi connectivity index (χ2v) is 13.1. The number of nitrogens with zero attached hydrogens (tertiary/aromatic N) is 4. The van der Waals surface area contributed by atoms with Gasteiger partial charge < -0.3 is 18.0 Å². The first-order valence-electron chi connectivity index (χ1n) is 17.4. The van der Waals surface area contributed by atoms with Crippen LogP contribution in [-0.4, -0.2) is 22.8 Å². The highest BCUT2D eigenvalue weighted by atomic mass is 31.1. The maximum atomic E-state index is 2.68. The Morgan fingerprint density at radius 3 is 1.15 bits per heavy atom. The topological polar surface area (TPSA) is 16.3 Å². The predicted molar refractivity (Wildman–Crippen MR) is 223 cm³/mol. The SMILES string of the molecule is CC.CC.CC#CC.CC#CC.CCc1ccc(C(C)c2ccc(CC)n2PN(C)c2ccccc2C)n1PN(C)c1ccccc1C. The highest BCUT2D eigenvalue weighted by Crippen LogP contribution is 2.40. The van der Waals surface area contributed by atoms with Crippen LogP contribution in [0.15, 0.2) is 72.8 Å². The first-order valence-corrected chi connectivity index (χ1v) is 19.2. The Kier molecular flexibility index (Phi) is 23.8. The Morgan fingerprint density at radius 2 is 0.875 bits per heavy atom. The summed E-state index contributed by atoms with van der Waals surface area (Å²) in [4.78, 5) is 0. The zero-order chi connectivity index (χ0) is 36.6. The number of para-hydroxylation sites is 2. The Bertz CT molecular complexity index is 1450. The van der Waals surface area contributed by atoms with Gasteiger partial charge in [-0.1, -0.05) is 84.9 Å². The number of hydrogen-bond acceptors (Lipinski definition) is 2. The Morgan fingerprint density at radius 1 is 0.562 bits per heavy atom. The van der Waals surface area contributed by atoms with Gasteiger partial charge in [0.05, 0.1) is 17.8 Å². The van der Waals surface area contributed by atoms with E-state index in [1.165, 1.54) is 45.3 Å². The molecule has 2 unspecified atom stereocenters. The van der Waals surface area contributed by atoms with Gasteiger partial charge in [0, 0.05) is 54.2 Å². The van der Waals surface area contributed by atoms with Gasteiger partial charge in [-0.2, -0.15) is 0 Å². The van der Waals surface area contributed by atoms with Crippen molar-refractivity contribution in [2.24, 2.45) is 0 Å². The van der Waals surface area contributed by atoms with Crippen molar-refractivity contribution in [1.29, 1.82) is 0 Å². The van der Waals surface area contributed by atoms with Crippen molar-refractivity contribution in [3.05, 3.63) is 107 Å². The number of anilines is 2. The van der Waals surface area contributed by atoms with Crippen LogP contribution in [0.3, 0.4) is 0 Å². The van der Waals surface area contributed by atoms with Gasteiger partial charge >= 0.3 is 0 Å². The molecular weight excluding hydrogens is 622 g/mol. The Labute approximate surface area is 299 Å². The zero-order valence-electron chi connectivity index (χ0n) is 32.7. The molecule has 2 heterocycles. The molecule has 0 bridgehead atoms. The van der Waals surface area contributed by atoms with Crippen molar-refractivity contribution in [3.8, 4) is 23.7 Å². The molecule has 0 spiro atoms. The Balaban J connectivity index is 0.00000161. The molecule has 48 heavy (non-hydrogen) atoms. The van der Waals surface area contributed by atoms with Crippen molar-refractivity contribution in [3.63, 3.8) is 0 Å². The molecule has 4 nitrogen and oxygen atoms in total. The van der Waals surface area contributed by atoms with Gasteiger partial charge in [0.2, 0.25) is 0 Å². The van der Waals surface area contributed by atoms with Gasteiger partial charge in [-0.05, 0) is 102 Å². The number of aromatic nitrogens is 2. The minimum absolute atomic E-state index is 0.293. The van der Waals surface area contributed by atoms with Gasteiger partial charge in [-0.15, -0.1) is 23.7 Å². The molecule has 6 heteroatoms. The lowest BCUT2D eigenvalue weighted by atomic mass is 10.1. The molecule has 0 saturated heterocycles. The van der Waals surface area contributed by atoms with Gasteiger partial charge in [-0.25, -0.2) is 0 Å². The number of hydrogen-bond donors (Lipinski definition) is 0. The molecule has 4 rings (SSSR count). The first-order chi connectivity index (χ1) is 23.2. The summed E-state index contributed by atoms with van der Waals surface area (Å²) in [5.41, 5.74) is 10.8. The molecule has 0 radical (unpaired) electrons. The minimum Gasteiger partial charge on any atom is -0.339 e. The Hall–Kier alpha value is -3.42. The van der Waals surface area contributed by atoms with Crippen LogP contribution < -0.4 is 9.34 Å². The molecule has 0 fully saturated rings. The van der Waals surface area contributed by atoms with E-state index >= 15 is 0 Å². The fraction of sp³-hybridized carbons (Fsp3) is 0.429. The van der Waals surface area contributed by atoms with Crippen LogP contribution in [0.1, 0.15) is 116 Å². The molecule has 2 aromatic carbocycles. The van der Waals surface area contributed by atoms with Gasteiger partial charge in [0.25, 0.3) is 0 Å². The number of rotatable bonds is 10. The molecule has 2 atom stereocenters. The van der Waals surface area contributed by atoms with E-state index in [0.29, 0.717) is 23.7 Å². The summed E-state index contributed by atoms with van der Waals surface area (Å²) in [6, 6.07) is 26.7. The second kappa shape index (κ2) is 25.6. The monoisotopic (exact) mass is 686 g/mol. The molecule has 0 saturated carbocycles. The van der Waals surface area contributed by atoms with Crippen LogP contribution in [0.4, 0.5) is 11.4 Å². The van der Waals surface area contributed by atoms with Crippen LogP contribution in [0.2, 0.25) is 0 Å². The predicted octanol–water partition coefficient (Wildman–Crippen LogP) is 12.3. The van der Waals surface area contributed by atoms with Crippen LogP contribution >= 0.6 is 17.8 Å². The van der Waals surface area contributed by atoms with E-state index in [-0.39, 0.29) is 0 Å². The number of aryl methyl sites for hydroxylation is 4. The lowest BCUT2D eigenvalue weighted by Gasteiger charge is -2.28. The van der Waals surface area contributed by atoms with E-state index in [1.807, 2.05) is 55.4 Å². The molecule has 4 aromatic rings. The molecule has 2 aromatic heterocycles. The van der Waals surface area contributed by atoms with Crippen molar-refractivity contribution >= 4 is 29.1 Å². The van der Waals surface area contributed by atoms with E-state index in [9.17, 15) is 0 Å². The van der Waals surface area contributed by atoms with Crippen molar-refractivity contribution in [1.82, 2.24) is 8.68 Å². The van der Waals surface area contributed by atoms with E-state index in [4.69, 9.17) is 0 Å². The summed E-state index contributed by atoms with van der Waals surface area (Å²) in [7, 11) is 5.48. The quantitative estimate of drug-likeness (QED) is 0.122. The minimum atomic E-state index is 0.293. The summed E-state index contributed by atoms with van der Waals surface area (Å²) in [5.74, 6) is 11.0. The van der Waals surface area contributed by atoms with Gasteiger partial charge in [0.1, 0.15) is 0 Å². The summed E-state index contributed by atoms with van der Waals surface area (Å²) in [6.45, 7) is 26.6. The van der Waals surface area contributed by atoms with Crippen molar-refractivity contribution < 1.29 is 0 Å². The highest BCUT2D eigenvalue weighted by molar-refractivity contribution is 7.38. The summed E-state index contributed by atoms with van der Waals surface area (Å²) in [5, 5.41) is 0. The lowest BCUT2D eigenvalue weighted by molar-refractivity contribution is 0.796. The third kappa shape index (κ3) is 13.2. The summed E-state index contributed by atoms with van der Waals surface area (Å²) < 4.78 is 9.90. The molecule has 0 aliphatic heterocycles. The fourth-order valence-corrected chi connectivity index (χ4v) is 7.71. The molecule has 0 N–H and O–H groups in total. The lowest BCUT2D eigenvalue weighted by Crippen LogP contribution is -2.15. The van der Waals surface area contributed by atoms with E-state index < -0.39 is 0 Å². The van der Waals surface area contributed by atoms with Gasteiger partial charge in [0.15, 0.2) is 0 Å². The van der Waals surface area contributed by atoms with Crippen molar-refractivity contribution in [2.45, 2.75) is 109 Å². The molecule has 0 aliphatic carbocycles. The summed E-state index contributed by atoms with van der Waals surface area (Å²) in [6.07, 6.45) is 2.06.